The van der Waals surface area contributed by atoms with E-state index in [0.717, 1.165) is 25.2 Å². The van der Waals surface area contributed by atoms with E-state index in [1.807, 2.05) is 18.3 Å². The minimum atomic E-state index is 0.851. The lowest BCUT2D eigenvalue weighted by Crippen LogP contribution is -1.95. The van der Waals surface area contributed by atoms with E-state index in [0.29, 0.717) is 0 Å². The van der Waals surface area contributed by atoms with E-state index < -0.39 is 0 Å². The molecule has 0 saturated carbocycles. The average molecular weight is 362 g/mol. The van der Waals surface area contributed by atoms with Gasteiger partial charge >= 0.3 is 0 Å². The number of thioether (sulfide) groups is 1. The Morgan fingerprint density at radius 2 is 1.68 bits per heavy atom. The summed E-state index contributed by atoms with van der Waals surface area (Å²) in [5.41, 5.74) is 1.02. The van der Waals surface area contributed by atoms with Crippen LogP contribution in [0.25, 0.3) is 0 Å². The van der Waals surface area contributed by atoms with Crippen LogP contribution < -0.4 is 0 Å². The van der Waals surface area contributed by atoms with E-state index >= 15 is 0 Å². The Balaban J connectivity index is 1.76. The lowest BCUT2D eigenvalue weighted by molar-refractivity contribution is 0.149. The van der Waals surface area contributed by atoms with Crippen molar-refractivity contribution >= 4 is 11.8 Å². The zero-order valence-corrected chi connectivity index (χ0v) is 16.8. The molecule has 0 bridgehead atoms. The Morgan fingerprint density at radius 1 is 0.960 bits per heavy atom. The van der Waals surface area contributed by atoms with E-state index in [4.69, 9.17) is 4.74 Å². The van der Waals surface area contributed by atoms with E-state index in [1.54, 1.807) is 6.20 Å². The quantitative estimate of drug-likeness (QED) is 0.278. The number of pyridine rings is 1. The predicted molar refractivity (Wildman–Crippen MR) is 111 cm³/mol. The molecule has 0 N–H and O–H groups in total. The van der Waals surface area contributed by atoms with Gasteiger partial charge in [0.25, 0.3) is 0 Å². The predicted octanol–water partition coefficient (Wildman–Crippen LogP) is 6.10. The summed E-state index contributed by atoms with van der Waals surface area (Å²) >= 11 is 2.08. The molecule has 1 heterocycles. The monoisotopic (exact) mass is 361 g/mol. The lowest BCUT2D eigenvalue weighted by atomic mass is 10.1. The van der Waals surface area contributed by atoms with Crippen LogP contribution in [0.5, 0.6) is 0 Å². The fourth-order valence-corrected chi connectivity index (χ4v) is 3.52. The van der Waals surface area contributed by atoms with Crippen molar-refractivity contribution in [1.82, 2.24) is 4.98 Å². The molecule has 25 heavy (non-hydrogen) atoms. The molecule has 0 aliphatic rings. The highest BCUT2D eigenvalue weighted by atomic mass is 32.2. The van der Waals surface area contributed by atoms with Gasteiger partial charge in [-0.2, -0.15) is 11.8 Å². The molecule has 1 rings (SSSR count). The summed E-state index contributed by atoms with van der Waals surface area (Å²) in [7, 11) is 0. The summed E-state index contributed by atoms with van der Waals surface area (Å²) in [6.45, 7) is 3.84. The third kappa shape index (κ3) is 15.0. The summed E-state index contributed by atoms with van der Waals surface area (Å²) in [6.07, 6.45) is 16.7. The molecule has 0 radical (unpaired) electrons. The van der Waals surface area contributed by atoms with Crippen molar-refractivity contribution in [1.29, 1.82) is 0 Å². The minimum Gasteiger partial charge on any atom is -0.382 e. The molecule has 0 aliphatic heterocycles. The number of rotatable bonds is 15. The highest BCUT2D eigenvalue weighted by Crippen LogP contribution is 2.12. The van der Waals surface area contributed by atoms with Gasteiger partial charge in [-0.1, -0.05) is 50.4 Å². The molecule has 0 unspecified atom stereocenters. The van der Waals surface area contributed by atoms with Gasteiger partial charge in [-0.3, -0.25) is 4.98 Å². The Bertz CT molecular complexity index is 452. The minimum absolute atomic E-state index is 0.851. The second-order valence-corrected chi connectivity index (χ2v) is 7.51. The SMILES string of the molecule is CCOCCCSCCCCCCCCCCC#Cc1cccnc1. The van der Waals surface area contributed by atoms with Gasteiger partial charge in [-0.05, 0) is 49.8 Å². The first-order valence-electron chi connectivity index (χ1n) is 9.98. The second kappa shape index (κ2) is 17.8. The summed E-state index contributed by atoms with van der Waals surface area (Å²) in [5.74, 6) is 9.00. The van der Waals surface area contributed by atoms with Gasteiger partial charge in [0.15, 0.2) is 0 Å². The first-order chi connectivity index (χ1) is 12.4. The zero-order valence-electron chi connectivity index (χ0n) is 16.0. The van der Waals surface area contributed by atoms with Crippen LogP contribution in [0.1, 0.15) is 76.7 Å². The van der Waals surface area contributed by atoms with Crippen LogP contribution in [0.4, 0.5) is 0 Å². The van der Waals surface area contributed by atoms with Crippen molar-refractivity contribution in [2.75, 3.05) is 24.7 Å². The number of unbranched alkanes of at least 4 members (excludes halogenated alkanes) is 8. The molecule has 0 saturated heterocycles. The summed E-state index contributed by atoms with van der Waals surface area (Å²) in [5, 5.41) is 0. The Labute approximate surface area is 159 Å². The van der Waals surface area contributed by atoms with Crippen LogP contribution in [-0.4, -0.2) is 29.7 Å². The number of hydrogen-bond donors (Lipinski definition) is 0. The summed E-state index contributed by atoms with van der Waals surface area (Å²) in [4.78, 5) is 4.07. The average Bonchev–Trinajstić information content (AvgIpc) is 2.65. The fourth-order valence-electron chi connectivity index (χ4n) is 2.59. The van der Waals surface area contributed by atoms with Gasteiger partial charge in [0.2, 0.25) is 0 Å². The van der Waals surface area contributed by atoms with Crippen molar-refractivity contribution in [2.24, 2.45) is 0 Å². The maximum Gasteiger partial charge on any atom is 0.0473 e. The third-order valence-corrected chi connectivity index (χ3v) is 5.17. The summed E-state index contributed by atoms with van der Waals surface area (Å²) in [6, 6.07) is 3.95. The largest absolute Gasteiger partial charge is 0.382 e. The van der Waals surface area contributed by atoms with Crippen LogP contribution in [0.15, 0.2) is 24.5 Å². The number of aromatic nitrogens is 1. The maximum absolute atomic E-state index is 5.34. The highest BCUT2D eigenvalue weighted by Gasteiger charge is 1.94. The molecule has 1 aromatic heterocycles. The second-order valence-electron chi connectivity index (χ2n) is 6.28. The highest BCUT2D eigenvalue weighted by molar-refractivity contribution is 7.99. The maximum atomic E-state index is 5.34. The van der Waals surface area contributed by atoms with Gasteiger partial charge in [-0.15, -0.1) is 0 Å². The van der Waals surface area contributed by atoms with Crippen LogP contribution in [0, 0.1) is 11.8 Å². The van der Waals surface area contributed by atoms with Crippen molar-refractivity contribution in [3.63, 3.8) is 0 Å². The lowest BCUT2D eigenvalue weighted by Gasteiger charge is -2.03. The Hall–Kier alpha value is -0.980. The van der Waals surface area contributed by atoms with Gasteiger partial charge in [0, 0.05) is 37.6 Å². The molecule has 0 spiro atoms. The molecule has 0 amide bonds. The van der Waals surface area contributed by atoms with Gasteiger partial charge < -0.3 is 4.74 Å². The molecule has 0 fully saturated rings. The third-order valence-electron chi connectivity index (χ3n) is 4.02. The van der Waals surface area contributed by atoms with Crippen LogP contribution in [-0.2, 0) is 4.74 Å². The first-order valence-corrected chi connectivity index (χ1v) is 11.1. The Kier molecular flexibility index (Phi) is 15.7. The van der Waals surface area contributed by atoms with Crippen molar-refractivity contribution in [3.05, 3.63) is 30.1 Å². The summed E-state index contributed by atoms with van der Waals surface area (Å²) < 4.78 is 5.34. The van der Waals surface area contributed by atoms with Gasteiger partial charge in [0.05, 0.1) is 0 Å². The van der Waals surface area contributed by atoms with E-state index in [-0.39, 0.29) is 0 Å². The number of hydrogen-bond acceptors (Lipinski definition) is 3. The Morgan fingerprint density at radius 3 is 2.40 bits per heavy atom. The smallest absolute Gasteiger partial charge is 0.0473 e. The van der Waals surface area contributed by atoms with E-state index in [1.165, 1.54) is 69.3 Å². The first kappa shape index (κ1) is 22.1. The molecular formula is C22H35NOS. The van der Waals surface area contributed by atoms with Crippen molar-refractivity contribution in [2.45, 2.75) is 71.1 Å². The van der Waals surface area contributed by atoms with Crippen LogP contribution in [0.2, 0.25) is 0 Å². The number of ether oxygens (including phenoxy) is 1. The van der Waals surface area contributed by atoms with Gasteiger partial charge in [0.1, 0.15) is 0 Å². The molecular weight excluding hydrogens is 326 g/mol. The van der Waals surface area contributed by atoms with Crippen LogP contribution >= 0.6 is 11.8 Å². The van der Waals surface area contributed by atoms with Crippen molar-refractivity contribution in [3.8, 4) is 11.8 Å². The van der Waals surface area contributed by atoms with E-state index in [2.05, 4.69) is 35.5 Å². The van der Waals surface area contributed by atoms with Gasteiger partial charge in [-0.25, -0.2) is 0 Å². The van der Waals surface area contributed by atoms with E-state index in [9.17, 15) is 0 Å². The van der Waals surface area contributed by atoms with Crippen LogP contribution in [0.3, 0.4) is 0 Å². The molecule has 0 aliphatic carbocycles. The topological polar surface area (TPSA) is 22.1 Å². The number of nitrogens with zero attached hydrogens (tertiary/aromatic N) is 1. The molecule has 3 heteroatoms. The molecule has 0 aromatic carbocycles. The molecule has 1 aromatic rings. The molecule has 2 nitrogen and oxygen atoms in total. The molecule has 0 atom stereocenters. The zero-order chi connectivity index (χ0) is 17.8. The fraction of sp³-hybridized carbons (Fsp3) is 0.682. The van der Waals surface area contributed by atoms with Crippen molar-refractivity contribution < 1.29 is 4.74 Å². The normalized spacial score (nSPS) is 10.4. The molecule has 140 valence electrons. The standard InChI is InChI=1S/C22H35NOS/c1-2-24-18-14-20-25-19-12-10-8-6-4-3-5-7-9-11-15-22-16-13-17-23-21-22/h13,16-17,21H,2-10,12,14,18-20H2,1H3.